The summed E-state index contributed by atoms with van der Waals surface area (Å²) in [7, 11) is 0. The van der Waals surface area contributed by atoms with Gasteiger partial charge in [-0.1, -0.05) is 153 Å². The Balaban J connectivity index is 1.64. The largest absolute Gasteiger partial charge is 0.514 e. The highest BCUT2D eigenvalue weighted by atomic mass is 32.2. The Morgan fingerprint density at radius 1 is 0.301 bits per heavy atom. The van der Waals surface area contributed by atoms with E-state index in [9.17, 15) is 24.0 Å². The van der Waals surface area contributed by atoms with Crippen molar-refractivity contribution in [1.29, 1.82) is 0 Å². The Hall–Kier alpha value is -7.20. The molecule has 16 heteroatoms. The molecule has 0 amide bonds. The lowest BCUT2D eigenvalue weighted by Crippen LogP contribution is -2.37. The summed E-state index contributed by atoms with van der Waals surface area (Å²) in [6, 6.07) is 19.5. The smallest absolute Gasteiger partial charge is 0.428 e. The van der Waals surface area contributed by atoms with Gasteiger partial charge in [-0.2, -0.15) is 0 Å². The zero-order valence-electron chi connectivity index (χ0n) is 61.4. The number of aryl methyl sites for hydroxylation is 5. The fraction of sp³-hybridized carbons (Fsp3) is 0.545. The van der Waals surface area contributed by atoms with Gasteiger partial charge in [0.1, 0.15) is 45.3 Å². The average molecular weight is 1300 g/mol. The Morgan fingerprint density at radius 3 is 0.849 bits per heavy atom. The van der Waals surface area contributed by atoms with Crippen molar-refractivity contribution in [2.45, 2.75) is 286 Å². The monoisotopic (exact) mass is 1300 g/mol. The van der Waals surface area contributed by atoms with Crippen LogP contribution < -0.4 is 23.7 Å². The van der Waals surface area contributed by atoms with E-state index in [0.29, 0.717) is 49.1 Å². The predicted molar refractivity (Wildman–Crippen MR) is 368 cm³/mol. The van der Waals surface area contributed by atoms with Crippen LogP contribution in [0.4, 0.5) is 24.0 Å². The van der Waals surface area contributed by atoms with E-state index in [0.717, 1.165) is 44.5 Å². The summed E-state index contributed by atoms with van der Waals surface area (Å²) >= 11 is 1.28. The molecule has 0 aromatic heterocycles. The first-order valence-electron chi connectivity index (χ1n) is 31.9. The molecule has 0 atom stereocenters. The summed E-state index contributed by atoms with van der Waals surface area (Å²) in [4.78, 5) is 70.9. The summed E-state index contributed by atoms with van der Waals surface area (Å²) in [5.41, 5.74) is 2.63. The van der Waals surface area contributed by atoms with Crippen molar-refractivity contribution in [3.8, 4) is 28.7 Å². The first kappa shape index (κ1) is 76.5. The van der Waals surface area contributed by atoms with Crippen LogP contribution in [-0.2, 0) is 58.2 Å². The van der Waals surface area contributed by atoms with E-state index < -0.39 is 80.4 Å². The number of hydrogen-bond acceptors (Lipinski definition) is 16. The molecular weight excluding hydrogens is 1200 g/mol. The van der Waals surface area contributed by atoms with Gasteiger partial charge < -0.3 is 47.4 Å². The van der Waals surface area contributed by atoms with Crippen LogP contribution in [0.15, 0.2) is 70.5 Å². The van der Waals surface area contributed by atoms with Gasteiger partial charge in [0, 0.05) is 57.3 Å². The van der Waals surface area contributed by atoms with Crippen molar-refractivity contribution in [1.82, 2.24) is 0 Å². The van der Waals surface area contributed by atoms with E-state index in [4.69, 9.17) is 47.4 Å². The molecule has 93 heavy (non-hydrogen) atoms. The molecule has 0 aliphatic rings. The highest BCUT2D eigenvalue weighted by molar-refractivity contribution is 7.99. The van der Waals surface area contributed by atoms with Gasteiger partial charge >= 0.3 is 30.8 Å². The third kappa shape index (κ3) is 22.8. The number of carbonyl (C=O) groups excluding carboxylic acids is 5. The summed E-state index contributed by atoms with van der Waals surface area (Å²) in [6.07, 6.45) is -4.08. The van der Waals surface area contributed by atoms with Crippen molar-refractivity contribution < 1.29 is 71.3 Å². The number of carbonyl (C=O) groups is 5. The molecule has 0 aliphatic carbocycles. The van der Waals surface area contributed by atoms with Crippen LogP contribution in [-0.4, -0.2) is 58.8 Å². The molecule has 0 N–H and O–H groups in total. The maximum Gasteiger partial charge on any atom is 0.514 e. The van der Waals surface area contributed by atoms with Crippen LogP contribution in [0.25, 0.3) is 0 Å². The molecule has 0 saturated carbocycles. The maximum atomic E-state index is 14.8. The fourth-order valence-electron chi connectivity index (χ4n) is 11.0. The van der Waals surface area contributed by atoms with Gasteiger partial charge in [0.15, 0.2) is 11.5 Å². The zero-order valence-corrected chi connectivity index (χ0v) is 62.2. The third-order valence-corrected chi connectivity index (χ3v) is 15.3. The van der Waals surface area contributed by atoms with E-state index in [2.05, 4.69) is 0 Å². The van der Waals surface area contributed by atoms with Crippen molar-refractivity contribution in [2.24, 2.45) is 0 Å². The molecular formula is C77H106O15S. The highest BCUT2D eigenvalue weighted by Gasteiger charge is 2.39. The minimum atomic E-state index is -1.24. The van der Waals surface area contributed by atoms with Crippen molar-refractivity contribution in [2.75, 3.05) is 0 Å². The molecule has 0 spiro atoms. The van der Waals surface area contributed by atoms with Gasteiger partial charge in [0.25, 0.3) is 0 Å². The van der Waals surface area contributed by atoms with Crippen molar-refractivity contribution in [3.05, 3.63) is 133 Å². The van der Waals surface area contributed by atoms with E-state index in [1.807, 2.05) is 171 Å². The van der Waals surface area contributed by atoms with Crippen LogP contribution in [0.5, 0.6) is 28.7 Å². The molecule has 0 unspecified atom stereocenters. The summed E-state index contributed by atoms with van der Waals surface area (Å²) in [5, 5.41) is 0. The van der Waals surface area contributed by atoms with Crippen LogP contribution in [0.3, 0.4) is 0 Å². The van der Waals surface area contributed by atoms with Crippen LogP contribution >= 0.6 is 11.8 Å². The molecule has 0 radical (unpaired) electrons. The standard InChI is InChI=1S/C77H106O15S/c1-44-31-49(41-51-33-45(2)35-53(69(6,7)8)60(51)84-65(79)89-73(18,19)20)59(83-64(78)88-72(15,16)17)50(32-44)42-52-34-46(3)36-54(70(9,10)11)61(52)85-68(82)92-77(29,30)43-76(27,28)56-38-48(5)40-58(63(56)87-67(81)91-75(24,25)26)93-57-39-47(4)37-55(71(12,13)14)62(57)86-66(80)90-74(21,22)23/h31-40H,41-43H2,1-30H3. The molecule has 510 valence electrons. The van der Waals surface area contributed by atoms with Gasteiger partial charge in [-0.3, -0.25) is 0 Å². The Morgan fingerprint density at radius 2 is 0.538 bits per heavy atom. The summed E-state index contributed by atoms with van der Waals surface area (Å²) < 4.78 is 60.8. The van der Waals surface area contributed by atoms with E-state index in [1.165, 1.54) is 11.8 Å². The minimum Gasteiger partial charge on any atom is -0.428 e. The quantitative estimate of drug-likeness (QED) is 0.0549. The highest BCUT2D eigenvalue weighted by Crippen LogP contribution is 2.50. The van der Waals surface area contributed by atoms with Crippen LogP contribution in [0, 0.1) is 34.6 Å². The minimum absolute atomic E-state index is 0.113. The van der Waals surface area contributed by atoms with E-state index in [1.54, 1.807) is 96.9 Å². The SMILES string of the molecule is Cc1cc(Cc2cc(C)cc(C(C)(C)C)c2OC(=O)OC(C)(C)C)c(OC(=O)OC(C)(C)C)c(Cc2cc(C)cc(C(C)(C)C)c2OC(=O)OC(C)(C)CC(C)(C)c2cc(C)cc(Sc3cc(C)cc(C(C)(C)C)c3OC(=O)OC(C)(C)C)c2OC(=O)OC(C)(C)C)c1. The predicted octanol–water partition coefficient (Wildman–Crippen LogP) is 21.4. The Bertz CT molecular complexity index is 3610. The van der Waals surface area contributed by atoms with E-state index in [-0.39, 0.29) is 36.5 Å². The molecule has 0 aliphatic heterocycles. The van der Waals surface area contributed by atoms with Crippen molar-refractivity contribution in [3.63, 3.8) is 0 Å². The molecule has 15 nitrogen and oxygen atoms in total. The number of rotatable bonds is 15. The van der Waals surface area contributed by atoms with E-state index >= 15 is 0 Å². The number of benzene rings is 5. The lowest BCUT2D eigenvalue weighted by atomic mass is 9.75. The molecule has 0 heterocycles. The normalized spacial score (nSPS) is 12.8. The lowest BCUT2D eigenvalue weighted by Gasteiger charge is -2.36. The second-order valence-electron chi connectivity index (χ2n) is 33.0. The van der Waals surface area contributed by atoms with Crippen molar-refractivity contribution >= 4 is 42.5 Å². The maximum absolute atomic E-state index is 14.8. The second kappa shape index (κ2) is 28.0. The van der Waals surface area contributed by atoms with Gasteiger partial charge in [-0.15, -0.1) is 0 Å². The third-order valence-electron chi connectivity index (χ3n) is 14.3. The van der Waals surface area contributed by atoms with Gasteiger partial charge in [-0.05, 0) is 183 Å². The second-order valence-corrected chi connectivity index (χ2v) is 34.1. The van der Waals surface area contributed by atoms with Crippen LogP contribution in [0.2, 0.25) is 0 Å². The topological polar surface area (TPSA) is 178 Å². The number of ether oxygens (including phenoxy) is 10. The molecule has 0 fully saturated rings. The lowest BCUT2D eigenvalue weighted by molar-refractivity contribution is -0.00747. The fourth-order valence-corrected chi connectivity index (χ4v) is 12.2. The average Bonchev–Trinajstić information content (AvgIpc) is 0.784. The number of hydrogen-bond donors (Lipinski definition) is 0. The summed E-state index contributed by atoms with van der Waals surface area (Å²) in [5.74, 6) is 1.36. The molecule has 5 aromatic rings. The summed E-state index contributed by atoms with van der Waals surface area (Å²) in [6.45, 7) is 56.9. The van der Waals surface area contributed by atoms with Crippen LogP contribution in [0.1, 0.15) is 252 Å². The van der Waals surface area contributed by atoms with Gasteiger partial charge in [0.2, 0.25) is 0 Å². The first-order valence-corrected chi connectivity index (χ1v) is 32.7. The molecule has 5 aromatic carbocycles. The first-order chi connectivity index (χ1) is 42.0. The van der Waals surface area contributed by atoms with Gasteiger partial charge in [-0.25, -0.2) is 24.0 Å². The molecule has 0 saturated heterocycles. The Labute approximate surface area is 559 Å². The molecule has 5 rings (SSSR count). The molecule has 0 bridgehead atoms. The van der Waals surface area contributed by atoms with Gasteiger partial charge in [0.05, 0.1) is 9.79 Å². The Kier molecular flexibility index (Phi) is 23.0. The zero-order chi connectivity index (χ0) is 70.9.